The molecule has 2 aromatic carbocycles. The number of para-hydroxylation sites is 1. The molecule has 7 heteroatoms. The van der Waals surface area contributed by atoms with Gasteiger partial charge in [0.1, 0.15) is 11.8 Å². The van der Waals surface area contributed by atoms with Gasteiger partial charge in [0, 0.05) is 19.6 Å². The fourth-order valence-corrected chi connectivity index (χ4v) is 4.46. The van der Waals surface area contributed by atoms with Gasteiger partial charge in [-0.05, 0) is 24.1 Å². The van der Waals surface area contributed by atoms with Crippen molar-refractivity contribution in [3.8, 4) is 5.75 Å². The van der Waals surface area contributed by atoms with Crippen LogP contribution < -0.4 is 10.1 Å². The van der Waals surface area contributed by atoms with Gasteiger partial charge in [-0.2, -0.15) is 0 Å². The van der Waals surface area contributed by atoms with Gasteiger partial charge in [0.15, 0.2) is 9.84 Å². The van der Waals surface area contributed by atoms with Crippen LogP contribution in [0.2, 0.25) is 0 Å². The van der Waals surface area contributed by atoms with Crippen molar-refractivity contribution >= 4 is 15.7 Å². The monoisotopic (exact) mass is 402 g/mol. The molecule has 3 rings (SSSR count). The molecule has 1 aliphatic heterocycles. The van der Waals surface area contributed by atoms with Crippen molar-refractivity contribution in [2.45, 2.75) is 12.5 Å². The third-order valence-corrected chi connectivity index (χ3v) is 6.35. The Balaban J connectivity index is 1.55. The molecular formula is C21H26N2O4S. The summed E-state index contributed by atoms with van der Waals surface area (Å²) in [7, 11) is -3.00. The van der Waals surface area contributed by atoms with Crippen LogP contribution in [-0.2, 0) is 14.6 Å². The van der Waals surface area contributed by atoms with Gasteiger partial charge < -0.3 is 10.1 Å². The van der Waals surface area contributed by atoms with Crippen molar-refractivity contribution in [2.75, 3.05) is 37.7 Å². The standard InChI is InChI=1S/C21H26N2O4S/c24-21(22-12-7-15-27-19-10-5-2-6-11-19)20(18-8-3-1-4-9-18)23-13-16-28(25,26)17-14-23/h1-6,8-11,20H,7,12-17H2,(H,22,24). The summed E-state index contributed by atoms with van der Waals surface area (Å²) in [4.78, 5) is 14.8. The number of nitrogens with zero attached hydrogens (tertiary/aromatic N) is 1. The molecule has 1 N–H and O–H groups in total. The number of benzene rings is 2. The first kappa shape index (κ1) is 20.4. The first-order valence-corrected chi connectivity index (χ1v) is 11.3. The first-order valence-electron chi connectivity index (χ1n) is 9.50. The Labute approximate surface area is 166 Å². The SMILES string of the molecule is O=C(NCCCOc1ccccc1)C(c1ccccc1)N1CCS(=O)(=O)CC1. The van der Waals surface area contributed by atoms with Crippen LogP contribution in [0, 0.1) is 0 Å². The van der Waals surface area contributed by atoms with E-state index in [0.29, 0.717) is 32.7 Å². The molecule has 0 radical (unpaired) electrons. The largest absolute Gasteiger partial charge is 0.494 e. The molecule has 1 saturated heterocycles. The highest BCUT2D eigenvalue weighted by molar-refractivity contribution is 7.91. The zero-order valence-corrected chi connectivity index (χ0v) is 16.6. The van der Waals surface area contributed by atoms with E-state index in [2.05, 4.69) is 5.32 Å². The van der Waals surface area contributed by atoms with Gasteiger partial charge in [0.05, 0.1) is 18.1 Å². The van der Waals surface area contributed by atoms with Crippen LogP contribution in [-0.4, -0.2) is 57.0 Å². The molecular weight excluding hydrogens is 376 g/mol. The van der Waals surface area contributed by atoms with Gasteiger partial charge in [0.2, 0.25) is 5.91 Å². The predicted octanol–water partition coefficient (Wildman–Crippen LogP) is 2.04. The van der Waals surface area contributed by atoms with Crippen LogP contribution in [0.25, 0.3) is 0 Å². The number of carbonyl (C=O) groups excluding carboxylic acids is 1. The molecule has 0 saturated carbocycles. The second-order valence-corrected chi connectivity index (χ2v) is 9.11. The van der Waals surface area contributed by atoms with E-state index < -0.39 is 15.9 Å². The Hall–Kier alpha value is -2.38. The van der Waals surface area contributed by atoms with E-state index in [4.69, 9.17) is 4.74 Å². The number of ether oxygens (including phenoxy) is 1. The minimum atomic E-state index is -3.00. The molecule has 28 heavy (non-hydrogen) atoms. The second kappa shape index (κ2) is 9.71. The van der Waals surface area contributed by atoms with Crippen molar-refractivity contribution in [3.63, 3.8) is 0 Å². The van der Waals surface area contributed by atoms with Gasteiger partial charge in [-0.1, -0.05) is 48.5 Å². The number of amides is 1. The average molecular weight is 403 g/mol. The highest BCUT2D eigenvalue weighted by Crippen LogP contribution is 2.23. The number of hydrogen-bond donors (Lipinski definition) is 1. The van der Waals surface area contributed by atoms with E-state index in [9.17, 15) is 13.2 Å². The molecule has 0 spiro atoms. The lowest BCUT2D eigenvalue weighted by Crippen LogP contribution is -2.47. The van der Waals surface area contributed by atoms with Crippen molar-refractivity contribution in [1.29, 1.82) is 0 Å². The summed E-state index contributed by atoms with van der Waals surface area (Å²) < 4.78 is 29.1. The molecule has 2 aromatic rings. The maximum Gasteiger partial charge on any atom is 0.241 e. The predicted molar refractivity (Wildman–Crippen MR) is 109 cm³/mol. The Kier molecular flexibility index (Phi) is 7.06. The van der Waals surface area contributed by atoms with Gasteiger partial charge >= 0.3 is 0 Å². The van der Waals surface area contributed by atoms with Crippen molar-refractivity contribution in [3.05, 3.63) is 66.2 Å². The highest BCUT2D eigenvalue weighted by Gasteiger charge is 2.32. The molecule has 1 amide bonds. The number of rotatable bonds is 8. The van der Waals surface area contributed by atoms with E-state index in [-0.39, 0.29) is 17.4 Å². The molecule has 1 atom stereocenters. The van der Waals surface area contributed by atoms with E-state index in [0.717, 1.165) is 11.3 Å². The summed E-state index contributed by atoms with van der Waals surface area (Å²) in [5.41, 5.74) is 0.875. The summed E-state index contributed by atoms with van der Waals surface area (Å²) in [6.45, 7) is 1.75. The molecule has 1 fully saturated rings. The van der Waals surface area contributed by atoms with Gasteiger partial charge in [-0.25, -0.2) is 8.42 Å². The normalized spacial score (nSPS) is 17.6. The van der Waals surface area contributed by atoms with Crippen LogP contribution >= 0.6 is 0 Å². The fraction of sp³-hybridized carbons (Fsp3) is 0.381. The number of hydrogen-bond acceptors (Lipinski definition) is 5. The third-order valence-electron chi connectivity index (χ3n) is 4.74. The third kappa shape index (κ3) is 5.81. The number of carbonyl (C=O) groups is 1. The molecule has 1 unspecified atom stereocenters. The quantitative estimate of drug-likeness (QED) is 0.684. The summed E-state index contributed by atoms with van der Waals surface area (Å²) in [5.74, 6) is 0.888. The second-order valence-electron chi connectivity index (χ2n) is 6.81. The summed E-state index contributed by atoms with van der Waals surface area (Å²) >= 11 is 0. The number of sulfone groups is 1. The first-order chi connectivity index (χ1) is 13.6. The van der Waals surface area contributed by atoms with E-state index in [1.54, 1.807) is 0 Å². The highest BCUT2D eigenvalue weighted by atomic mass is 32.2. The van der Waals surface area contributed by atoms with E-state index >= 15 is 0 Å². The fourth-order valence-electron chi connectivity index (χ4n) is 3.24. The Morgan fingerprint density at radius 2 is 1.61 bits per heavy atom. The molecule has 1 aliphatic rings. The molecule has 0 bridgehead atoms. The van der Waals surface area contributed by atoms with Crippen LogP contribution in [0.4, 0.5) is 0 Å². The minimum absolute atomic E-state index is 0.0918. The molecule has 1 heterocycles. The molecule has 0 aromatic heterocycles. The van der Waals surface area contributed by atoms with E-state index in [1.807, 2.05) is 65.6 Å². The zero-order valence-electron chi connectivity index (χ0n) is 15.8. The minimum Gasteiger partial charge on any atom is -0.494 e. The van der Waals surface area contributed by atoms with Crippen molar-refractivity contribution in [1.82, 2.24) is 10.2 Å². The molecule has 6 nitrogen and oxygen atoms in total. The lowest BCUT2D eigenvalue weighted by Gasteiger charge is -2.33. The maximum absolute atomic E-state index is 12.9. The van der Waals surface area contributed by atoms with Gasteiger partial charge in [0.25, 0.3) is 0 Å². The zero-order chi connectivity index (χ0) is 19.8. The average Bonchev–Trinajstić information content (AvgIpc) is 2.71. The Morgan fingerprint density at radius 1 is 1.00 bits per heavy atom. The van der Waals surface area contributed by atoms with Crippen LogP contribution in [0.5, 0.6) is 5.75 Å². The lowest BCUT2D eigenvalue weighted by molar-refractivity contribution is -0.126. The Morgan fingerprint density at radius 3 is 2.25 bits per heavy atom. The van der Waals surface area contributed by atoms with Crippen LogP contribution in [0.15, 0.2) is 60.7 Å². The van der Waals surface area contributed by atoms with Crippen molar-refractivity contribution in [2.24, 2.45) is 0 Å². The molecule has 150 valence electrons. The molecule has 0 aliphatic carbocycles. The maximum atomic E-state index is 12.9. The van der Waals surface area contributed by atoms with Gasteiger partial charge in [-0.3, -0.25) is 9.69 Å². The van der Waals surface area contributed by atoms with Gasteiger partial charge in [-0.15, -0.1) is 0 Å². The van der Waals surface area contributed by atoms with Crippen molar-refractivity contribution < 1.29 is 17.9 Å². The summed E-state index contributed by atoms with van der Waals surface area (Å²) in [6, 6.07) is 18.6. The summed E-state index contributed by atoms with van der Waals surface area (Å²) in [5, 5.41) is 2.98. The number of nitrogens with one attached hydrogen (secondary N) is 1. The topological polar surface area (TPSA) is 75.7 Å². The lowest BCUT2D eigenvalue weighted by atomic mass is 10.0. The summed E-state index contributed by atoms with van der Waals surface area (Å²) in [6.07, 6.45) is 0.691. The van der Waals surface area contributed by atoms with Crippen LogP contribution in [0.1, 0.15) is 18.0 Å². The smallest absolute Gasteiger partial charge is 0.241 e. The Bertz CT molecular complexity index is 842. The van der Waals surface area contributed by atoms with Crippen LogP contribution in [0.3, 0.4) is 0 Å². The van der Waals surface area contributed by atoms with E-state index in [1.165, 1.54) is 0 Å².